The second-order valence-electron chi connectivity index (χ2n) is 2.91. The average molecular weight is 162 g/mol. The molecule has 0 aromatic heterocycles. The number of hydrogen-bond donors (Lipinski definition) is 1. The van der Waals surface area contributed by atoms with Crippen LogP contribution in [0.5, 0.6) is 0 Å². The summed E-state index contributed by atoms with van der Waals surface area (Å²) in [5.74, 6) is 0.281. The minimum absolute atomic E-state index is 0.281. The van der Waals surface area contributed by atoms with Gasteiger partial charge in [-0.3, -0.25) is 0 Å². The maximum Gasteiger partial charge on any atom is 0.122 e. The van der Waals surface area contributed by atoms with Crippen LogP contribution in [0.15, 0.2) is 47.8 Å². The van der Waals surface area contributed by atoms with Gasteiger partial charge >= 0.3 is 0 Å². The smallest absolute Gasteiger partial charge is 0.122 e. The summed E-state index contributed by atoms with van der Waals surface area (Å²) in [7, 11) is 0. The monoisotopic (exact) mass is 162 g/mol. The number of aliphatic hydroxyl groups is 1. The van der Waals surface area contributed by atoms with E-state index in [0.29, 0.717) is 5.57 Å². The van der Waals surface area contributed by atoms with E-state index in [4.69, 9.17) is 0 Å². The lowest BCUT2D eigenvalue weighted by Gasteiger charge is -1.98. The van der Waals surface area contributed by atoms with Crippen LogP contribution in [0.4, 0.5) is 0 Å². The Morgan fingerprint density at radius 3 is 2.92 bits per heavy atom. The van der Waals surface area contributed by atoms with Crippen LogP contribution < -0.4 is 0 Å². The summed E-state index contributed by atoms with van der Waals surface area (Å²) < 4.78 is 0. The van der Waals surface area contributed by atoms with Crippen molar-refractivity contribution in [3.63, 3.8) is 0 Å². The fraction of sp³-hybridized carbons (Fsp3) is 0.273. The van der Waals surface area contributed by atoms with Crippen molar-refractivity contribution in [1.29, 1.82) is 0 Å². The molecule has 1 N–H and O–H groups in total. The van der Waals surface area contributed by atoms with Gasteiger partial charge in [-0.2, -0.15) is 0 Å². The van der Waals surface area contributed by atoms with Crippen LogP contribution in [0.1, 0.15) is 19.8 Å². The lowest BCUT2D eigenvalue weighted by atomic mass is 10.1. The van der Waals surface area contributed by atoms with Crippen molar-refractivity contribution in [2.24, 2.45) is 0 Å². The molecule has 0 aromatic rings. The first-order chi connectivity index (χ1) is 5.74. The van der Waals surface area contributed by atoms with Crippen molar-refractivity contribution in [2.75, 3.05) is 0 Å². The highest BCUT2D eigenvalue weighted by Crippen LogP contribution is 2.16. The highest BCUT2D eigenvalue weighted by Gasteiger charge is 2.01. The zero-order chi connectivity index (χ0) is 8.97. The third-order valence-corrected chi connectivity index (χ3v) is 1.80. The van der Waals surface area contributed by atoms with Gasteiger partial charge in [-0.05, 0) is 18.1 Å². The highest BCUT2D eigenvalue weighted by molar-refractivity contribution is 5.42. The summed E-state index contributed by atoms with van der Waals surface area (Å²) in [6.45, 7) is 5.83. The molecular weight excluding hydrogens is 148 g/mol. The van der Waals surface area contributed by atoms with E-state index in [1.807, 2.05) is 18.2 Å². The van der Waals surface area contributed by atoms with E-state index >= 15 is 0 Å². The van der Waals surface area contributed by atoms with Gasteiger partial charge in [0.25, 0.3) is 0 Å². The fourth-order valence-electron chi connectivity index (χ4n) is 1.13. The van der Waals surface area contributed by atoms with Gasteiger partial charge in [-0.1, -0.05) is 38.2 Å². The summed E-state index contributed by atoms with van der Waals surface area (Å²) in [5.41, 5.74) is 1.84. The minimum Gasteiger partial charge on any atom is -0.507 e. The number of aliphatic hydroxyl groups excluding tert-OH is 1. The Hall–Kier alpha value is -1.24. The quantitative estimate of drug-likeness (QED) is 0.660. The lowest BCUT2D eigenvalue weighted by Crippen LogP contribution is -1.83. The van der Waals surface area contributed by atoms with Gasteiger partial charge in [0.2, 0.25) is 0 Å². The molecule has 0 spiro atoms. The van der Waals surface area contributed by atoms with Crippen molar-refractivity contribution < 1.29 is 5.11 Å². The van der Waals surface area contributed by atoms with Gasteiger partial charge in [0, 0.05) is 5.57 Å². The second-order valence-corrected chi connectivity index (χ2v) is 2.91. The molecule has 1 nitrogen and oxygen atoms in total. The molecule has 0 unspecified atom stereocenters. The van der Waals surface area contributed by atoms with Crippen LogP contribution in [-0.4, -0.2) is 5.11 Å². The molecule has 0 aromatic carbocycles. The van der Waals surface area contributed by atoms with Crippen molar-refractivity contribution in [3.05, 3.63) is 47.8 Å². The molecule has 0 atom stereocenters. The molecule has 12 heavy (non-hydrogen) atoms. The van der Waals surface area contributed by atoms with Gasteiger partial charge in [0.05, 0.1) is 0 Å². The topological polar surface area (TPSA) is 20.2 Å². The zero-order valence-electron chi connectivity index (χ0n) is 7.38. The normalized spacial score (nSPS) is 16.9. The summed E-state index contributed by atoms with van der Waals surface area (Å²) in [5, 5.41) is 9.42. The largest absolute Gasteiger partial charge is 0.507 e. The van der Waals surface area contributed by atoms with E-state index in [1.54, 1.807) is 6.08 Å². The molecule has 0 amide bonds. The number of hydrogen-bond acceptors (Lipinski definition) is 1. The molecule has 0 aliphatic heterocycles. The van der Waals surface area contributed by atoms with Crippen molar-refractivity contribution >= 4 is 0 Å². The van der Waals surface area contributed by atoms with E-state index in [-0.39, 0.29) is 5.76 Å². The molecule has 0 heterocycles. The summed E-state index contributed by atoms with van der Waals surface area (Å²) in [6, 6.07) is 0. The molecule has 1 rings (SSSR count). The maximum atomic E-state index is 9.42. The first kappa shape index (κ1) is 8.85. The lowest BCUT2D eigenvalue weighted by molar-refractivity contribution is 0.426. The van der Waals surface area contributed by atoms with Gasteiger partial charge in [0.15, 0.2) is 0 Å². The second kappa shape index (κ2) is 3.96. The third kappa shape index (κ3) is 2.12. The Morgan fingerprint density at radius 2 is 2.25 bits per heavy atom. The SMILES string of the molecule is C=C1C=CC=C(CCC)C=C1O. The van der Waals surface area contributed by atoms with E-state index in [1.165, 1.54) is 0 Å². The first-order valence-electron chi connectivity index (χ1n) is 4.21. The number of rotatable bonds is 2. The molecule has 0 radical (unpaired) electrons. The molecule has 1 aliphatic carbocycles. The molecule has 0 fully saturated rings. The summed E-state index contributed by atoms with van der Waals surface area (Å²) >= 11 is 0. The van der Waals surface area contributed by atoms with Crippen LogP contribution in [0.25, 0.3) is 0 Å². The molecule has 64 valence electrons. The standard InChI is InChI=1S/C11H14O/c1-3-5-10-7-4-6-9(2)11(12)8-10/h4,6-8,12H,2-3,5H2,1H3. The minimum atomic E-state index is 0.281. The van der Waals surface area contributed by atoms with Crippen molar-refractivity contribution in [1.82, 2.24) is 0 Å². The van der Waals surface area contributed by atoms with E-state index in [9.17, 15) is 5.11 Å². The average Bonchev–Trinajstić information content (AvgIpc) is 2.16. The van der Waals surface area contributed by atoms with Gasteiger partial charge in [0.1, 0.15) is 5.76 Å². The molecular formula is C11H14O. The predicted octanol–water partition coefficient (Wildman–Crippen LogP) is 3.28. The Kier molecular flexibility index (Phi) is 2.92. The van der Waals surface area contributed by atoms with Crippen molar-refractivity contribution in [2.45, 2.75) is 19.8 Å². The Morgan fingerprint density at radius 1 is 1.50 bits per heavy atom. The zero-order valence-corrected chi connectivity index (χ0v) is 7.38. The molecule has 1 aliphatic rings. The highest BCUT2D eigenvalue weighted by atomic mass is 16.3. The molecule has 0 bridgehead atoms. The summed E-state index contributed by atoms with van der Waals surface area (Å²) in [6.07, 6.45) is 9.63. The van der Waals surface area contributed by atoms with Crippen LogP contribution in [0, 0.1) is 0 Å². The van der Waals surface area contributed by atoms with Crippen LogP contribution in [-0.2, 0) is 0 Å². The Bertz CT molecular complexity index is 267. The first-order valence-corrected chi connectivity index (χ1v) is 4.21. The Balaban J connectivity index is 2.84. The van der Waals surface area contributed by atoms with Crippen molar-refractivity contribution in [3.8, 4) is 0 Å². The van der Waals surface area contributed by atoms with E-state index in [2.05, 4.69) is 13.5 Å². The fourth-order valence-corrected chi connectivity index (χ4v) is 1.13. The van der Waals surface area contributed by atoms with Crippen LogP contribution >= 0.6 is 0 Å². The van der Waals surface area contributed by atoms with Gasteiger partial charge < -0.3 is 5.11 Å². The van der Waals surface area contributed by atoms with Gasteiger partial charge in [-0.15, -0.1) is 0 Å². The third-order valence-electron chi connectivity index (χ3n) is 1.80. The Labute approximate surface area is 73.4 Å². The molecule has 1 heteroatoms. The van der Waals surface area contributed by atoms with E-state index < -0.39 is 0 Å². The number of allylic oxidation sites excluding steroid dienone is 5. The van der Waals surface area contributed by atoms with E-state index in [0.717, 1.165) is 18.4 Å². The predicted molar refractivity (Wildman–Crippen MR) is 52.0 cm³/mol. The summed E-state index contributed by atoms with van der Waals surface area (Å²) in [4.78, 5) is 0. The maximum absolute atomic E-state index is 9.42. The van der Waals surface area contributed by atoms with Crippen LogP contribution in [0.3, 0.4) is 0 Å². The molecule has 0 saturated carbocycles. The van der Waals surface area contributed by atoms with Crippen LogP contribution in [0.2, 0.25) is 0 Å². The van der Waals surface area contributed by atoms with Gasteiger partial charge in [-0.25, -0.2) is 0 Å². The molecule has 0 saturated heterocycles.